The van der Waals surface area contributed by atoms with Crippen LogP contribution in [0.15, 0.2) is 39.5 Å². The van der Waals surface area contributed by atoms with Crippen LogP contribution in [0.1, 0.15) is 25.7 Å². The summed E-state index contributed by atoms with van der Waals surface area (Å²) in [6, 6.07) is 8.21. The average Bonchev–Trinajstić information content (AvgIpc) is 3.13. The van der Waals surface area contributed by atoms with Crippen molar-refractivity contribution in [2.75, 3.05) is 7.05 Å². The number of likely N-dealkylation sites (N-methyl/N-ethyl adjacent to an activating group) is 1. The van der Waals surface area contributed by atoms with E-state index in [1.54, 1.807) is 6.26 Å². The number of nitrogens with one attached hydrogen (secondary N) is 1. The third-order valence-corrected chi connectivity index (χ3v) is 3.66. The summed E-state index contributed by atoms with van der Waals surface area (Å²) in [4.78, 5) is 4.50. The van der Waals surface area contributed by atoms with Gasteiger partial charge in [-0.3, -0.25) is 0 Å². The molecule has 0 saturated carbocycles. The molecule has 0 aliphatic carbocycles. The Morgan fingerprint density at radius 3 is 2.95 bits per heavy atom. The fraction of sp³-hybridized carbons (Fsp3) is 0.375. The van der Waals surface area contributed by atoms with Crippen molar-refractivity contribution in [3.63, 3.8) is 0 Å². The highest BCUT2D eigenvalue weighted by Gasteiger charge is 2.16. The maximum absolute atomic E-state index is 5.52. The SMILES string of the molecule is CCCC(Cc1nc(-c2coc3ccccc23)no1)NC. The lowest BCUT2D eigenvalue weighted by atomic mass is 10.1. The van der Waals surface area contributed by atoms with E-state index in [-0.39, 0.29) is 0 Å². The van der Waals surface area contributed by atoms with Gasteiger partial charge >= 0.3 is 0 Å². The molecule has 21 heavy (non-hydrogen) atoms. The molecule has 0 aliphatic heterocycles. The largest absolute Gasteiger partial charge is 0.464 e. The van der Waals surface area contributed by atoms with Crippen molar-refractivity contribution in [1.82, 2.24) is 15.5 Å². The topological polar surface area (TPSA) is 64.1 Å². The molecule has 110 valence electrons. The quantitative estimate of drug-likeness (QED) is 0.752. The summed E-state index contributed by atoms with van der Waals surface area (Å²) in [7, 11) is 1.96. The normalized spacial score (nSPS) is 12.9. The molecule has 0 amide bonds. The van der Waals surface area contributed by atoms with Gasteiger partial charge in [0.15, 0.2) is 0 Å². The summed E-state index contributed by atoms with van der Waals surface area (Å²) >= 11 is 0. The molecule has 1 atom stereocenters. The molecular weight excluding hydrogens is 266 g/mol. The van der Waals surface area contributed by atoms with Crippen LogP contribution in [-0.4, -0.2) is 23.2 Å². The lowest BCUT2D eigenvalue weighted by molar-refractivity contribution is 0.356. The van der Waals surface area contributed by atoms with Crippen LogP contribution in [0.5, 0.6) is 0 Å². The number of para-hydroxylation sites is 1. The van der Waals surface area contributed by atoms with Gasteiger partial charge in [-0.05, 0) is 19.5 Å². The van der Waals surface area contributed by atoms with Gasteiger partial charge < -0.3 is 14.3 Å². The fourth-order valence-electron chi connectivity index (χ4n) is 2.51. The summed E-state index contributed by atoms with van der Waals surface area (Å²) in [5.74, 6) is 1.24. The van der Waals surface area contributed by atoms with Crippen LogP contribution in [0.2, 0.25) is 0 Å². The van der Waals surface area contributed by atoms with Crippen LogP contribution < -0.4 is 5.32 Å². The standard InChI is InChI=1S/C16H19N3O2/c1-3-6-11(17-2)9-15-18-16(19-21-15)13-10-20-14-8-5-4-7-12(13)14/h4-5,7-8,10-11,17H,3,6,9H2,1-2H3. The van der Waals surface area contributed by atoms with Gasteiger partial charge in [0, 0.05) is 17.8 Å². The highest BCUT2D eigenvalue weighted by molar-refractivity contribution is 5.91. The monoisotopic (exact) mass is 285 g/mol. The Hall–Kier alpha value is -2.14. The Morgan fingerprint density at radius 2 is 2.14 bits per heavy atom. The Bertz CT molecular complexity index is 717. The van der Waals surface area contributed by atoms with Gasteiger partial charge in [-0.15, -0.1) is 0 Å². The second kappa shape index (κ2) is 6.10. The number of nitrogens with zero attached hydrogens (tertiary/aromatic N) is 2. The van der Waals surface area contributed by atoms with Crippen molar-refractivity contribution < 1.29 is 8.94 Å². The first-order valence-electron chi connectivity index (χ1n) is 7.28. The second-order valence-electron chi connectivity index (χ2n) is 5.14. The minimum Gasteiger partial charge on any atom is -0.464 e. The second-order valence-corrected chi connectivity index (χ2v) is 5.14. The zero-order valence-corrected chi connectivity index (χ0v) is 12.3. The van der Waals surface area contributed by atoms with Crippen LogP contribution in [0.4, 0.5) is 0 Å². The van der Waals surface area contributed by atoms with E-state index in [1.165, 1.54) is 0 Å². The molecule has 2 heterocycles. The van der Waals surface area contributed by atoms with Crippen molar-refractivity contribution in [3.05, 3.63) is 36.4 Å². The minimum absolute atomic E-state index is 0.365. The Morgan fingerprint density at radius 1 is 1.29 bits per heavy atom. The predicted molar refractivity (Wildman–Crippen MR) is 81.0 cm³/mol. The number of hydrogen-bond acceptors (Lipinski definition) is 5. The van der Waals surface area contributed by atoms with Crippen LogP contribution in [0.3, 0.4) is 0 Å². The third kappa shape index (κ3) is 2.83. The molecule has 2 aromatic heterocycles. The number of rotatable bonds is 6. The molecule has 5 nitrogen and oxygen atoms in total. The average molecular weight is 285 g/mol. The van der Waals surface area contributed by atoms with Crippen molar-refractivity contribution in [2.45, 2.75) is 32.2 Å². The van der Waals surface area contributed by atoms with Gasteiger partial charge in [-0.25, -0.2) is 0 Å². The summed E-state index contributed by atoms with van der Waals surface area (Å²) in [6.07, 6.45) is 4.63. The predicted octanol–water partition coefficient (Wildman–Crippen LogP) is 3.41. The van der Waals surface area contributed by atoms with Gasteiger partial charge in [-0.1, -0.05) is 36.7 Å². The molecule has 0 radical (unpaired) electrons. The van der Waals surface area contributed by atoms with E-state index in [0.29, 0.717) is 17.8 Å². The zero-order chi connectivity index (χ0) is 14.7. The molecule has 1 aromatic carbocycles. The molecule has 1 N–H and O–H groups in total. The first-order chi connectivity index (χ1) is 10.3. The molecule has 0 bridgehead atoms. The maximum atomic E-state index is 5.52. The highest BCUT2D eigenvalue weighted by atomic mass is 16.5. The highest BCUT2D eigenvalue weighted by Crippen LogP contribution is 2.28. The van der Waals surface area contributed by atoms with E-state index in [2.05, 4.69) is 22.4 Å². The summed E-state index contributed by atoms with van der Waals surface area (Å²) in [6.45, 7) is 2.17. The lowest BCUT2D eigenvalue weighted by Crippen LogP contribution is -2.27. The smallest absolute Gasteiger partial charge is 0.228 e. The van der Waals surface area contributed by atoms with E-state index < -0.39 is 0 Å². The molecule has 5 heteroatoms. The third-order valence-electron chi connectivity index (χ3n) is 3.66. The Labute approximate surface area is 123 Å². The number of aromatic nitrogens is 2. The van der Waals surface area contributed by atoms with Gasteiger partial charge in [0.05, 0.1) is 5.56 Å². The fourth-order valence-corrected chi connectivity index (χ4v) is 2.51. The molecule has 0 spiro atoms. The number of furan rings is 1. The molecule has 1 unspecified atom stereocenters. The van der Waals surface area contributed by atoms with Crippen LogP contribution in [0.25, 0.3) is 22.4 Å². The van der Waals surface area contributed by atoms with Gasteiger partial charge in [-0.2, -0.15) is 4.98 Å². The van der Waals surface area contributed by atoms with Crippen LogP contribution in [-0.2, 0) is 6.42 Å². The van der Waals surface area contributed by atoms with Crippen LogP contribution >= 0.6 is 0 Å². The van der Waals surface area contributed by atoms with Crippen molar-refractivity contribution in [2.24, 2.45) is 0 Å². The van der Waals surface area contributed by atoms with Gasteiger partial charge in [0.1, 0.15) is 11.8 Å². The minimum atomic E-state index is 0.365. The summed E-state index contributed by atoms with van der Waals surface area (Å²) < 4.78 is 10.9. The first-order valence-corrected chi connectivity index (χ1v) is 7.28. The number of benzene rings is 1. The molecular formula is C16H19N3O2. The van der Waals surface area contributed by atoms with E-state index in [1.807, 2.05) is 31.3 Å². The Kier molecular flexibility index (Phi) is 4.01. The van der Waals surface area contributed by atoms with E-state index in [4.69, 9.17) is 8.94 Å². The molecule has 3 aromatic rings. The number of fused-ring (bicyclic) bond motifs is 1. The number of hydrogen-bond donors (Lipinski definition) is 1. The molecule has 0 saturated heterocycles. The van der Waals surface area contributed by atoms with Crippen molar-refractivity contribution >= 4 is 11.0 Å². The van der Waals surface area contributed by atoms with Gasteiger partial charge in [0.2, 0.25) is 11.7 Å². The van der Waals surface area contributed by atoms with E-state index in [9.17, 15) is 0 Å². The van der Waals surface area contributed by atoms with Gasteiger partial charge in [0.25, 0.3) is 0 Å². The first kappa shape index (κ1) is 13.8. The van der Waals surface area contributed by atoms with Crippen molar-refractivity contribution in [3.8, 4) is 11.4 Å². The molecule has 0 aliphatic rings. The van der Waals surface area contributed by atoms with Crippen LogP contribution in [0, 0.1) is 0 Å². The summed E-state index contributed by atoms with van der Waals surface area (Å²) in [5.41, 5.74) is 1.70. The zero-order valence-electron chi connectivity index (χ0n) is 12.3. The van der Waals surface area contributed by atoms with E-state index in [0.717, 1.165) is 35.8 Å². The molecule has 0 fully saturated rings. The lowest BCUT2D eigenvalue weighted by Gasteiger charge is -2.11. The van der Waals surface area contributed by atoms with E-state index >= 15 is 0 Å². The maximum Gasteiger partial charge on any atom is 0.228 e. The Balaban J connectivity index is 1.84. The molecule has 3 rings (SSSR count). The summed E-state index contributed by atoms with van der Waals surface area (Å²) in [5, 5.41) is 8.36. The van der Waals surface area contributed by atoms with Crippen molar-refractivity contribution in [1.29, 1.82) is 0 Å².